The molecule has 0 radical (unpaired) electrons. The fourth-order valence-corrected chi connectivity index (χ4v) is 2.20. The van der Waals surface area contributed by atoms with Gasteiger partial charge in [0.1, 0.15) is 16.4 Å². The van der Waals surface area contributed by atoms with E-state index in [4.69, 9.17) is 17.3 Å². The van der Waals surface area contributed by atoms with Gasteiger partial charge in [0.05, 0.1) is 11.2 Å². The van der Waals surface area contributed by atoms with Crippen molar-refractivity contribution in [2.75, 3.05) is 0 Å². The van der Waals surface area contributed by atoms with E-state index >= 15 is 0 Å². The van der Waals surface area contributed by atoms with Crippen molar-refractivity contribution in [2.24, 2.45) is 12.8 Å². The zero-order valence-corrected chi connectivity index (χ0v) is 10.0. The molecule has 0 saturated heterocycles. The first-order valence-electron chi connectivity index (χ1n) is 4.50. The molecule has 0 aliphatic carbocycles. The van der Waals surface area contributed by atoms with Crippen LogP contribution in [0, 0.1) is 0 Å². The lowest BCUT2D eigenvalue weighted by Crippen LogP contribution is -2.09. The molecule has 0 aliphatic rings. The predicted molar refractivity (Wildman–Crippen MR) is 61.7 cm³/mol. The average molecular weight is 257 g/mol. The standard InChI is InChI=1S/C9H9ClN4OS/c1-14-8(5(10)3-12-14)9(15)6-4-16-7(2-11)13-6/h3-4H,2,11H2,1H3. The maximum absolute atomic E-state index is 12.0. The quantitative estimate of drug-likeness (QED) is 0.838. The topological polar surface area (TPSA) is 73.8 Å². The molecule has 5 nitrogen and oxygen atoms in total. The summed E-state index contributed by atoms with van der Waals surface area (Å²) < 4.78 is 1.44. The molecule has 2 aromatic rings. The van der Waals surface area contributed by atoms with E-state index in [9.17, 15) is 4.79 Å². The molecule has 2 aromatic heterocycles. The summed E-state index contributed by atoms with van der Waals surface area (Å²) in [4.78, 5) is 16.1. The first-order chi connectivity index (χ1) is 7.63. The Balaban J connectivity index is 2.39. The van der Waals surface area contributed by atoms with Crippen molar-refractivity contribution in [1.82, 2.24) is 14.8 Å². The van der Waals surface area contributed by atoms with E-state index in [2.05, 4.69) is 10.1 Å². The van der Waals surface area contributed by atoms with Crippen LogP contribution in [0.25, 0.3) is 0 Å². The van der Waals surface area contributed by atoms with Crippen molar-refractivity contribution in [3.8, 4) is 0 Å². The number of carbonyl (C=O) groups excluding carboxylic acids is 1. The van der Waals surface area contributed by atoms with Gasteiger partial charge in [-0.25, -0.2) is 4.98 Å². The van der Waals surface area contributed by atoms with Gasteiger partial charge in [-0.3, -0.25) is 9.48 Å². The van der Waals surface area contributed by atoms with E-state index in [0.29, 0.717) is 23.0 Å². The van der Waals surface area contributed by atoms with Crippen LogP contribution >= 0.6 is 22.9 Å². The number of nitrogens with zero attached hydrogens (tertiary/aromatic N) is 3. The minimum absolute atomic E-state index is 0.235. The molecule has 0 atom stereocenters. The number of carbonyl (C=O) groups is 1. The Morgan fingerprint density at radius 2 is 2.44 bits per heavy atom. The van der Waals surface area contributed by atoms with Crippen LogP contribution in [0.3, 0.4) is 0 Å². The minimum Gasteiger partial charge on any atom is -0.325 e. The van der Waals surface area contributed by atoms with Gasteiger partial charge in [0.25, 0.3) is 0 Å². The van der Waals surface area contributed by atoms with Gasteiger partial charge >= 0.3 is 0 Å². The Bertz CT molecular complexity index is 514. The van der Waals surface area contributed by atoms with Crippen LogP contribution in [0.1, 0.15) is 21.2 Å². The zero-order valence-electron chi connectivity index (χ0n) is 8.48. The minimum atomic E-state index is -0.235. The molecule has 2 rings (SSSR count). The number of ketones is 1. The number of aromatic nitrogens is 3. The Kier molecular flexibility index (Phi) is 3.04. The summed E-state index contributed by atoms with van der Waals surface area (Å²) in [6, 6.07) is 0. The monoisotopic (exact) mass is 256 g/mol. The number of nitrogens with two attached hydrogens (primary N) is 1. The number of aryl methyl sites for hydroxylation is 1. The van der Waals surface area contributed by atoms with Crippen LogP contribution < -0.4 is 5.73 Å². The molecule has 0 spiro atoms. The number of hydrogen-bond acceptors (Lipinski definition) is 5. The highest BCUT2D eigenvalue weighted by molar-refractivity contribution is 7.09. The van der Waals surface area contributed by atoms with Crippen molar-refractivity contribution in [1.29, 1.82) is 0 Å². The lowest BCUT2D eigenvalue weighted by Gasteiger charge is -1.98. The molecule has 0 aromatic carbocycles. The first-order valence-corrected chi connectivity index (χ1v) is 5.76. The lowest BCUT2D eigenvalue weighted by atomic mass is 10.2. The summed E-state index contributed by atoms with van der Waals surface area (Å²) in [5, 5.41) is 6.63. The van der Waals surface area contributed by atoms with E-state index in [0.717, 1.165) is 5.01 Å². The summed E-state index contributed by atoms with van der Waals surface area (Å²) in [5.41, 5.74) is 6.14. The molecular weight excluding hydrogens is 248 g/mol. The fourth-order valence-electron chi connectivity index (χ4n) is 1.30. The van der Waals surface area contributed by atoms with Crippen molar-refractivity contribution >= 4 is 28.7 Å². The van der Waals surface area contributed by atoms with Gasteiger partial charge in [-0.1, -0.05) is 11.6 Å². The predicted octanol–water partition coefficient (Wildman–Crippen LogP) is 1.22. The Morgan fingerprint density at radius 3 is 2.94 bits per heavy atom. The van der Waals surface area contributed by atoms with Gasteiger partial charge in [0, 0.05) is 19.0 Å². The number of thiazole rings is 1. The molecule has 0 bridgehead atoms. The fraction of sp³-hybridized carbons (Fsp3) is 0.222. The molecule has 2 N–H and O–H groups in total. The van der Waals surface area contributed by atoms with Crippen LogP contribution in [0.5, 0.6) is 0 Å². The number of rotatable bonds is 3. The van der Waals surface area contributed by atoms with Gasteiger partial charge in [-0.05, 0) is 0 Å². The second kappa shape index (κ2) is 4.32. The molecular formula is C9H9ClN4OS. The SMILES string of the molecule is Cn1ncc(Cl)c1C(=O)c1csc(CN)n1. The largest absolute Gasteiger partial charge is 0.325 e. The summed E-state index contributed by atoms with van der Waals surface area (Å²) >= 11 is 7.23. The van der Waals surface area contributed by atoms with Crippen LogP contribution in [-0.4, -0.2) is 20.5 Å². The van der Waals surface area contributed by atoms with Gasteiger partial charge in [-0.15, -0.1) is 11.3 Å². The second-order valence-electron chi connectivity index (χ2n) is 3.12. The molecule has 0 aliphatic heterocycles. The van der Waals surface area contributed by atoms with Gasteiger partial charge in [0.15, 0.2) is 0 Å². The maximum Gasteiger partial charge on any atom is 0.231 e. The number of halogens is 1. The van der Waals surface area contributed by atoms with Crippen molar-refractivity contribution in [3.63, 3.8) is 0 Å². The third-order valence-corrected chi connectivity index (χ3v) is 3.22. The highest BCUT2D eigenvalue weighted by atomic mass is 35.5. The molecule has 16 heavy (non-hydrogen) atoms. The summed E-state index contributed by atoms with van der Waals surface area (Å²) in [6.45, 7) is 0.330. The van der Waals surface area contributed by atoms with Crippen LogP contribution in [0.15, 0.2) is 11.6 Å². The first kappa shape index (κ1) is 11.3. The normalized spacial score (nSPS) is 10.7. The highest BCUT2D eigenvalue weighted by Gasteiger charge is 2.19. The lowest BCUT2D eigenvalue weighted by molar-refractivity contribution is 0.102. The van der Waals surface area contributed by atoms with Gasteiger partial charge < -0.3 is 5.73 Å². The number of hydrogen-bond donors (Lipinski definition) is 1. The summed E-state index contributed by atoms with van der Waals surface area (Å²) in [5.74, 6) is -0.235. The smallest absolute Gasteiger partial charge is 0.231 e. The Labute approximate surface area is 101 Å². The summed E-state index contributed by atoms with van der Waals surface area (Å²) in [7, 11) is 1.66. The van der Waals surface area contributed by atoms with Crippen LogP contribution in [-0.2, 0) is 13.6 Å². The van der Waals surface area contributed by atoms with Crippen LogP contribution in [0.4, 0.5) is 0 Å². The second-order valence-corrected chi connectivity index (χ2v) is 4.47. The molecule has 0 amide bonds. The average Bonchev–Trinajstić information content (AvgIpc) is 2.85. The van der Waals surface area contributed by atoms with E-state index < -0.39 is 0 Å². The van der Waals surface area contributed by atoms with Crippen molar-refractivity contribution < 1.29 is 4.79 Å². The van der Waals surface area contributed by atoms with Crippen molar-refractivity contribution in [3.05, 3.63) is 33.0 Å². The van der Waals surface area contributed by atoms with E-state index in [1.807, 2.05) is 0 Å². The van der Waals surface area contributed by atoms with Crippen molar-refractivity contribution in [2.45, 2.75) is 6.54 Å². The molecule has 0 unspecified atom stereocenters. The Hall–Kier alpha value is -1.24. The van der Waals surface area contributed by atoms with E-state index in [-0.39, 0.29) is 5.78 Å². The highest BCUT2D eigenvalue weighted by Crippen LogP contribution is 2.19. The zero-order chi connectivity index (χ0) is 11.7. The Morgan fingerprint density at radius 1 is 1.69 bits per heavy atom. The maximum atomic E-state index is 12.0. The van der Waals surface area contributed by atoms with Gasteiger partial charge in [-0.2, -0.15) is 5.10 Å². The molecule has 84 valence electrons. The molecule has 0 fully saturated rings. The van der Waals surface area contributed by atoms with Gasteiger partial charge in [0.2, 0.25) is 5.78 Å². The van der Waals surface area contributed by atoms with E-state index in [1.54, 1.807) is 12.4 Å². The molecule has 2 heterocycles. The van der Waals surface area contributed by atoms with E-state index in [1.165, 1.54) is 22.2 Å². The molecule has 0 saturated carbocycles. The molecule has 7 heteroatoms. The van der Waals surface area contributed by atoms with Crippen LogP contribution in [0.2, 0.25) is 5.02 Å². The third kappa shape index (κ3) is 1.87. The summed E-state index contributed by atoms with van der Waals surface area (Å²) in [6.07, 6.45) is 1.44. The third-order valence-electron chi connectivity index (χ3n) is 2.07.